The van der Waals surface area contributed by atoms with Crippen LogP contribution in [-0.4, -0.2) is 15.0 Å². The van der Waals surface area contributed by atoms with Crippen molar-refractivity contribution in [2.45, 2.75) is 13.1 Å². The number of nitrogens with two attached hydrogens (primary N) is 1. The van der Waals surface area contributed by atoms with E-state index in [-0.39, 0.29) is 5.82 Å². The molecule has 18 heavy (non-hydrogen) atoms. The third-order valence-corrected chi connectivity index (χ3v) is 2.37. The van der Waals surface area contributed by atoms with Gasteiger partial charge in [-0.25, -0.2) is 9.97 Å². The first-order valence-electron chi connectivity index (χ1n) is 5.01. The Morgan fingerprint density at radius 3 is 2.44 bits per heavy atom. The normalized spacial score (nSPS) is 11.6. The van der Waals surface area contributed by atoms with E-state index in [1.165, 1.54) is 0 Å². The predicted molar refractivity (Wildman–Crippen MR) is 59.4 cm³/mol. The summed E-state index contributed by atoms with van der Waals surface area (Å²) in [6.45, 7) is 1.73. The summed E-state index contributed by atoms with van der Waals surface area (Å²) in [5.41, 5.74) is 7.14. The molecule has 2 N–H and O–H groups in total. The molecule has 0 aliphatic heterocycles. The van der Waals surface area contributed by atoms with E-state index >= 15 is 0 Å². The van der Waals surface area contributed by atoms with E-state index in [2.05, 4.69) is 15.0 Å². The van der Waals surface area contributed by atoms with Crippen molar-refractivity contribution in [1.82, 2.24) is 15.0 Å². The fourth-order valence-corrected chi connectivity index (χ4v) is 1.51. The van der Waals surface area contributed by atoms with Crippen molar-refractivity contribution >= 4 is 5.82 Å². The van der Waals surface area contributed by atoms with Crippen molar-refractivity contribution in [1.29, 1.82) is 0 Å². The first kappa shape index (κ1) is 12.3. The molecule has 0 spiro atoms. The second-order valence-electron chi connectivity index (χ2n) is 3.63. The van der Waals surface area contributed by atoms with E-state index in [4.69, 9.17) is 5.73 Å². The van der Waals surface area contributed by atoms with Crippen LogP contribution >= 0.6 is 0 Å². The highest BCUT2D eigenvalue weighted by atomic mass is 19.4. The Morgan fingerprint density at radius 1 is 1.17 bits per heavy atom. The van der Waals surface area contributed by atoms with Crippen LogP contribution in [0.5, 0.6) is 0 Å². The number of rotatable bonds is 1. The summed E-state index contributed by atoms with van der Waals surface area (Å²) < 4.78 is 37.2. The minimum atomic E-state index is -4.60. The summed E-state index contributed by atoms with van der Waals surface area (Å²) >= 11 is 0. The van der Waals surface area contributed by atoms with Crippen LogP contribution in [0.2, 0.25) is 0 Å². The number of hydrogen-bond donors (Lipinski definition) is 1. The van der Waals surface area contributed by atoms with Gasteiger partial charge in [-0.15, -0.1) is 0 Å². The molecular formula is C11H9F3N4. The molecule has 0 unspecified atom stereocenters. The van der Waals surface area contributed by atoms with Crippen molar-refractivity contribution in [3.63, 3.8) is 0 Å². The van der Waals surface area contributed by atoms with E-state index in [0.717, 1.165) is 6.20 Å². The second-order valence-corrected chi connectivity index (χ2v) is 3.63. The van der Waals surface area contributed by atoms with Crippen molar-refractivity contribution in [3.8, 4) is 11.1 Å². The van der Waals surface area contributed by atoms with Gasteiger partial charge in [0.15, 0.2) is 0 Å². The minimum Gasteiger partial charge on any atom is -0.383 e. The largest absolute Gasteiger partial charge is 0.451 e. The summed E-state index contributed by atoms with van der Waals surface area (Å²) in [4.78, 5) is 10.6. The molecule has 2 heterocycles. The van der Waals surface area contributed by atoms with Gasteiger partial charge in [0.1, 0.15) is 5.82 Å². The maximum atomic E-state index is 12.4. The molecule has 0 radical (unpaired) electrons. The zero-order valence-electron chi connectivity index (χ0n) is 9.36. The number of nitrogens with zero attached hydrogens (tertiary/aromatic N) is 3. The lowest BCUT2D eigenvalue weighted by Gasteiger charge is -2.10. The van der Waals surface area contributed by atoms with E-state index in [1.807, 2.05) is 0 Å². The molecule has 0 aliphatic rings. The first-order valence-corrected chi connectivity index (χ1v) is 5.01. The topological polar surface area (TPSA) is 64.7 Å². The molecule has 2 aromatic heterocycles. The third-order valence-electron chi connectivity index (χ3n) is 2.37. The van der Waals surface area contributed by atoms with Gasteiger partial charge < -0.3 is 5.73 Å². The highest BCUT2D eigenvalue weighted by molar-refractivity contribution is 5.74. The number of aryl methyl sites for hydroxylation is 1. The van der Waals surface area contributed by atoms with E-state index < -0.39 is 12.0 Å². The van der Waals surface area contributed by atoms with Crippen LogP contribution in [0.25, 0.3) is 11.1 Å². The molecule has 2 rings (SSSR count). The number of halogens is 3. The number of alkyl halides is 3. The summed E-state index contributed by atoms with van der Waals surface area (Å²) in [6.07, 6.45) is -1.95. The van der Waals surface area contributed by atoms with Crippen LogP contribution in [-0.2, 0) is 6.18 Å². The second kappa shape index (κ2) is 4.25. The smallest absolute Gasteiger partial charge is 0.383 e. The Bertz CT molecular complexity index is 581. The quantitative estimate of drug-likeness (QED) is 0.848. The molecule has 0 amide bonds. The SMILES string of the molecule is Cc1ncccc1-c1cnc(C(F)(F)F)nc1N. The Labute approximate surface area is 101 Å². The van der Waals surface area contributed by atoms with Crippen LogP contribution in [0.1, 0.15) is 11.5 Å². The highest BCUT2D eigenvalue weighted by Gasteiger charge is 2.35. The molecule has 4 nitrogen and oxygen atoms in total. The molecule has 7 heteroatoms. The number of hydrogen-bond acceptors (Lipinski definition) is 4. The van der Waals surface area contributed by atoms with Crippen LogP contribution < -0.4 is 5.73 Å². The average molecular weight is 254 g/mol. The van der Waals surface area contributed by atoms with E-state index in [0.29, 0.717) is 16.8 Å². The van der Waals surface area contributed by atoms with E-state index in [9.17, 15) is 13.2 Å². The lowest BCUT2D eigenvalue weighted by Crippen LogP contribution is -2.12. The average Bonchev–Trinajstić information content (AvgIpc) is 2.29. The molecule has 94 valence electrons. The van der Waals surface area contributed by atoms with Gasteiger partial charge in [0.2, 0.25) is 5.82 Å². The summed E-state index contributed by atoms with van der Waals surface area (Å²) in [5.74, 6) is -1.46. The van der Waals surface area contributed by atoms with Crippen molar-refractivity contribution in [3.05, 3.63) is 36.0 Å². The Kier molecular flexibility index (Phi) is 2.90. The van der Waals surface area contributed by atoms with Gasteiger partial charge in [-0.2, -0.15) is 13.2 Å². The van der Waals surface area contributed by atoms with Gasteiger partial charge in [-0.05, 0) is 13.0 Å². The minimum absolute atomic E-state index is 0.214. The maximum Gasteiger partial charge on any atom is 0.451 e. The summed E-state index contributed by atoms with van der Waals surface area (Å²) in [6, 6.07) is 3.37. The molecule has 0 aromatic carbocycles. The van der Waals surface area contributed by atoms with Crippen molar-refractivity contribution in [2.24, 2.45) is 0 Å². The van der Waals surface area contributed by atoms with Gasteiger partial charge in [0.05, 0.1) is 0 Å². The molecule has 0 saturated heterocycles. The van der Waals surface area contributed by atoms with Gasteiger partial charge >= 0.3 is 6.18 Å². The lowest BCUT2D eigenvalue weighted by molar-refractivity contribution is -0.144. The fourth-order valence-electron chi connectivity index (χ4n) is 1.51. The van der Waals surface area contributed by atoms with Crippen LogP contribution in [0.4, 0.5) is 19.0 Å². The third kappa shape index (κ3) is 2.24. The highest BCUT2D eigenvalue weighted by Crippen LogP contribution is 2.30. The molecule has 0 atom stereocenters. The summed E-state index contributed by atoms with van der Waals surface area (Å²) in [7, 11) is 0. The lowest BCUT2D eigenvalue weighted by atomic mass is 10.1. The number of anilines is 1. The van der Waals surface area contributed by atoms with Crippen LogP contribution in [0.15, 0.2) is 24.5 Å². The zero-order valence-corrected chi connectivity index (χ0v) is 9.36. The standard InChI is InChI=1S/C11H9F3N4/c1-6-7(3-2-4-16-6)8-5-17-10(11(12,13)14)18-9(8)15/h2-5H,1H3,(H2,15,17,18). The molecule has 0 aliphatic carbocycles. The number of nitrogen functional groups attached to an aromatic ring is 1. The molecule has 0 fully saturated rings. The van der Waals surface area contributed by atoms with Crippen molar-refractivity contribution in [2.75, 3.05) is 5.73 Å². The Hall–Kier alpha value is -2.18. The molecule has 0 saturated carbocycles. The van der Waals surface area contributed by atoms with Gasteiger partial charge in [0.25, 0.3) is 0 Å². The van der Waals surface area contributed by atoms with Gasteiger partial charge in [0, 0.05) is 29.2 Å². The van der Waals surface area contributed by atoms with Gasteiger partial charge in [-0.3, -0.25) is 4.98 Å². The Balaban J connectivity index is 2.52. The Morgan fingerprint density at radius 2 is 1.89 bits per heavy atom. The van der Waals surface area contributed by atoms with Crippen molar-refractivity contribution < 1.29 is 13.2 Å². The zero-order chi connectivity index (χ0) is 13.3. The molecule has 2 aromatic rings. The number of aromatic nitrogens is 3. The summed E-state index contributed by atoms with van der Waals surface area (Å²) in [5, 5.41) is 0. The fraction of sp³-hybridized carbons (Fsp3) is 0.182. The molecule has 0 bridgehead atoms. The number of pyridine rings is 1. The molecular weight excluding hydrogens is 245 g/mol. The predicted octanol–water partition coefficient (Wildman–Crippen LogP) is 2.45. The monoisotopic (exact) mass is 254 g/mol. The maximum absolute atomic E-state index is 12.4. The van der Waals surface area contributed by atoms with Crippen LogP contribution in [0, 0.1) is 6.92 Å². The van der Waals surface area contributed by atoms with Crippen LogP contribution in [0.3, 0.4) is 0 Å². The van der Waals surface area contributed by atoms with E-state index in [1.54, 1.807) is 25.3 Å². The van der Waals surface area contributed by atoms with Gasteiger partial charge in [-0.1, -0.05) is 6.07 Å². The first-order chi connectivity index (χ1) is 8.39.